The first-order valence-electron chi connectivity index (χ1n) is 13.5. The van der Waals surface area contributed by atoms with Crippen LogP contribution in [0.5, 0.6) is 0 Å². The minimum atomic E-state index is -3.23. The Labute approximate surface area is 233 Å². The summed E-state index contributed by atoms with van der Waals surface area (Å²) in [5.41, 5.74) is 2.27. The van der Waals surface area contributed by atoms with Crippen LogP contribution in [-0.2, 0) is 24.2 Å². The zero-order valence-corrected chi connectivity index (χ0v) is 23.2. The van der Waals surface area contributed by atoms with E-state index in [1.165, 1.54) is 7.05 Å². The highest BCUT2D eigenvalue weighted by Crippen LogP contribution is 2.27. The molecule has 0 bridgehead atoms. The Kier molecular flexibility index (Phi) is 13.4. The van der Waals surface area contributed by atoms with Crippen molar-refractivity contribution in [1.29, 1.82) is 0 Å². The maximum absolute atomic E-state index is 14.6. The van der Waals surface area contributed by atoms with E-state index >= 15 is 0 Å². The van der Waals surface area contributed by atoms with Gasteiger partial charge in [0.05, 0.1) is 12.1 Å². The van der Waals surface area contributed by atoms with Crippen molar-refractivity contribution in [3.8, 4) is 0 Å². The first-order chi connectivity index (χ1) is 19.0. The molecule has 40 heavy (non-hydrogen) atoms. The SMILES string of the molecule is CCCCC(F)(F)C[C@@H](NC(=O)NC)C(=O)N[C@@H](Cc1cc(F)cc(F)c1)[C@@H](O)CNCc1cccc(CC)c1. The molecule has 11 heteroatoms. The van der Waals surface area contributed by atoms with Crippen molar-refractivity contribution in [2.45, 2.75) is 83.0 Å². The van der Waals surface area contributed by atoms with E-state index in [0.29, 0.717) is 19.0 Å². The predicted octanol–water partition coefficient (Wildman–Crippen LogP) is 4.22. The summed E-state index contributed by atoms with van der Waals surface area (Å²) in [5.74, 6) is -5.85. The highest BCUT2D eigenvalue weighted by atomic mass is 19.3. The maximum Gasteiger partial charge on any atom is 0.315 e. The molecule has 3 atom stereocenters. The lowest BCUT2D eigenvalue weighted by Gasteiger charge is -2.29. The van der Waals surface area contributed by atoms with Crippen LogP contribution in [-0.4, -0.2) is 54.7 Å². The molecule has 3 amide bonds. The normalized spacial score (nSPS) is 13.8. The standard InChI is InChI=1S/C29H40F4N4O3/c1-4-6-10-29(32,33)16-25(37-28(40)34-3)27(39)36-24(14-21-12-22(30)15-23(31)13-21)26(38)18-35-17-20-9-7-8-19(5-2)11-20/h7-9,11-13,15,24-26,35,38H,4-6,10,14,16-18H2,1-3H3,(H,36,39)(H2,34,37,40)/t24-,25+,26-/m0/s1. The van der Waals surface area contributed by atoms with Gasteiger partial charge in [-0.3, -0.25) is 4.79 Å². The highest BCUT2D eigenvalue weighted by Gasteiger charge is 2.37. The summed E-state index contributed by atoms with van der Waals surface area (Å²) in [6.07, 6.45) is -1.23. The zero-order valence-electron chi connectivity index (χ0n) is 23.2. The van der Waals surface area contributed by atoms with E-state index in [2.05, 4.69) is 21.3 Å². The molecule has 2 aromatic rings. The van der Waals surface area contributed by atoms with E-state index in [9.17, 15) is 32.3 Å². The first-order valence-corrected chi connectivity index (χ1v) is 13.5. The Morgan fingerprint density at radius 2 is 1.65 bits per heavy atom. The van der Waals surface area contributed by atoms with Gasteiger partial charge in [-0.2, -0.15) is 0 Å². The van der Waals surface area contributed by atoms with Crippen molar-refractivity contribution >= 4 is 11.9 Å². The summed E-state index contributed by atoms with van der Waals surface area (Å²) in [6, 6.07) is 7.13. The van der Waals surface area contributed by atoms with E-state index in [4.69, 9.17) is 0 Å². The molecule has 0 spiro atoms. The molecule has 0 saturated heterocycles. The number of aliphatic hydroxyl groups is 1. The topological polar surface area (TPSA) is 102 Å². The summed E-state index contributed by atoms with van der Waals surface area (Å²) < 4.78 is 56.9. The van der Waals surface area contributed by atoms with Gasteiger partial charge in [-0.25, -0.2) is 22.4 Å². The van der Waals surface area contributed by atoms with Crippen LogP contribution < -0.4 is 21.3 Å². The van der Waals surface area contributed by atoms with Crippen molar-refractivity contribution in [1.82, 2.24) is 21.3 Å². The van der Waals surface area contributed by atoms with Crippen LogP contribution in [0.3, 0.4) is 0 Å². The third-order valence-electron chi connectivity index (χ3n) is 6.50. The van der Waals surface area contributed by atoms with Gasteiger partial charge in [-0.1, -0.05) is 44.5 Å². The fourth-order valence-corrected chi connectivity index (χ4v) is 4.29. The minimum Gasteiger partial charge on any atom is -0.390 e. The van der Waals surface area contributed by atoms with Gasteiger partial charge in [0.1, 0.15) is 17.7 Å². The third-order valence-corrected chi connectivity index (χ3v) is 6.50. The van der Waals surface area contributed by atoms with Gasteiger partial charge in [0.2, 0.25) is 5.91 Å². The van der Waals surface area contributed by atoms with Gasteiger partial charge in [0.25, 0.3) is 5.92 Å². The number of carbonyl (C=O) groups excluding carboxylic acids is 2. The molecule has 0 aromatic heterocycles. The average Bonchev–Trinajstić information content (AvgIpc) is 2.90. The van der Waals surface area contributed by atoms with Crippen LogP contribution in [0.4, 0.5) is 22.4 Å². The number of hydrogen-bond donors (Lipinski definition) is 5. The van der Waals surface area contributed by atoms with Crippen molar-refractivity contribution in [2.24, 2.45) is 0 Å². The van der Waals surface area contributed by atoms with Crippen LogP contribution in [0.1, 0.15) is 56.2 Å². The third kappa shape index (κ3) is 11.5. The van der Waals surface area contributed by atoms with Crippen molar-refractivity contribution < 1.29 is 32.3 Å². The van der Waals surface area contributed by atoms with Crippen LogP contribution in [0.2, 0.25) is 0 Å². The fraction of sp³-hybridized carbons (Fsp3) is 0.517. The molecule has 0 heterocycles. The van der Waals surface area contributed by atoms with Crippen LogP contribution >= 0.6 is 0 Å². The van der Waals surface area contributed by atoms with Crippen molar-refractivity contribution in [3.63, 3.8) is 0 Å². The number of hydrogen-bond acceptors (Lipinski definition) is 4. The second-order valence-electron chi connectivity index (χ2n) is 9.91. The number of carbonyl (C=O) groups is 2. The maximum atomic E-state index is 14.6. The number of urea groups is 1. The van der Waals surface area contributed by atoms with Crippen LogP contribution in [0.25, 0.3) is 0 Å². The van der Waals surface area contributed by atoms with Gasteiger partial charge >= 0.3 is 6.03 Å². The van der Waals surface area contributed by atoms with E-state index in [0.717, 1.165) is 29.7 Å². The van der Waals surface area contributed by atoms with E-state index in [1.54, 1.807) is 6.92 Å². The molecule has 0 saturated carbocycles. The average molecular weight is 569 g/mol. The Morgan fingerprint density at radius 1 is 0.975 bits per heavy atom. The molecule has 0 aliphatic carbocycles. The van der Waals surface area contributed by atoms with Crippen molar-refractivity contribution in [2.75, 3.05) is 13.6 Å². The number of halogens is 4. The van der Waals surface area contributed by atoms with E-state index in [-0.39, 0.29) is 24.9 Å². The van der Waals surface area contributed by atoms with Crippen molar-refractivity contribution in [3.05, 3.63) is 70.8 Å². The molecule has 0 unspecified atom stereocenters. The van der Waals surface area contributed by atoms with Crippen LogP contribution in [0.15, 0.2) is 42.5 Å². The quantitative estimate of drug-likeness (QED) is 0.196. The molecule has 5 N–H and O–H groups in total. The first kappa shape index (κ1) is 33.0. The summed E-state index contributed by atoms with van der Waals surface area (Å²) in [7, 11) is 1.28. The Hall–Kier alpha value is -3.18. The number of unbranched alkanes of at least 4 members (excludes halogenated alkanes) is 1. The van der Waals surface area contributed by atoms with Gasteiger partial charge < -0.3 is 26.4 Å². The number of benzene rings is 2. The number of aliphatic hydroxyl groups excluding tert-OH is 1. The molecular formula is C29H40F4N4O3. The molecule has 0 radical (unpaired) electrons. The lowest BCUT2D eigenvalue weighted by Crippen LogP contribution is -2.56. The lowest BCUT2D eigenvalue weighted by atomic mass is 9.98. The second-order valence-corrected chi connectivity index (χ2v) is 9.91. The summed E-state index contributed by atoms with van der Waals surface area (Å²) >= 11 is 0. The smallest absolute Gasteiger partial charge is 0.315 e. The van der Waals surface area contributed by atoms with Gasteiger partial charge in [-0.15, -0.1) is 0 Å². The zero-order chi connectivity index (χ0) is 29.7. The van der Waals surface area contributed by atoms with E-state index in [1.807, 2.05) is 31.2 Å². The largest absolute Gasteiger partial charge is 0.390 e. The fourth-order valence-electron chi connectivity index (χ4n) is 4.29. The van der Waals surface area contributed by atoms with Gasteiger partial charge in [0, 0.05) is 39.0 Å². The summed E-state index contributed by atoms with van der Waals surface area (Å²) in [6.45, 7) is 4.19. The molecule has 0 fully saturated rings. The highest BCUT2D eigenvalue weighted by molar-refractivity contribution is 5.87. The number of aryl methyl sites for hydroxylation is 1. The molecule has 222 valence electrons. The molecule has 7 nitrogen and oxygen atoms in total. The number of alkyl halides is 2. The van der Waals surface area contributed by atoms with E-state index < -0.39 is 60.5 Å². The Balaban J connectivity index is 2.21. The second kappa shape index (κ2) is 16.2. The monoisotopic (exact) mass is 568 g/mol. The Bertz CT molecular complexity index is 1080. The minimum absolute atomic E-state index is 0.0146. The van der Waals surface area contributed by atoms with Gasteiger partial charge in [0.15, 0.2) is 0 Å². The Morgan fingerprint density at radius 3 is 2.27 bits per heavy atom. The number of nitrogens with one attached hydrogen (secondary N) is 4. The lowest BCUT2D eigenvalue weighted by molar-refractivity contribution is -0.127. The van der Waals surface area contributed by atoms with Gasteiger partial charge in [-0.05, 0) is 48.1 Å². The van der Waals surface area contributed by atoms with Crippen LogP contribution in [0, 0.1) is 11.6 Å². The molecule has 2 rings (SSSR count). The molecular weight excluding hydrogens is 528 g/mol. The summed E-state index contributed by atoms with van der Waals surface area (Å²) in [5, 5.41) is 21.1. The molecule has 2 aromatic carbocycles. The summed E-state index contributed by atoms with van der Waals surface area (Å²) in [4.78, 5) is 25.1. The predicted molar refractivity (Wildman–Crippen MR) is 146 cm³/mol. The molecule has 0 aliphatic rings. The number of amides is 3. The molecule has 0 aliphatic heterocycles. The number of rotatable bonds is 16.